The van der Waals surface area contributed by atoms with Crippen LogP contribution in [0, 0.1) is 5.92 Å². The van der Waals surface area contributed by atoms with Crippen molar-refractivity contribution in [3.8, 4) is 0 Å². The van der Waals surface area contributed by atoms with Gasteiger partial charge in [0.05, 0.1) is 11.3 Å². The van der Waals surface area contributed by atoms with Gasteiger partial charge in [-0.1, -0.05) is 13.0 Å². The monoisotopic (exact) mass is 299 g/mol. The molecule has 21 heavy (non-hydrogen) atoms. The van der Waals surface area contributed by atoms with Crippen molar-refractivity contribution in [3.63, 3.8) is 0 Å². The number of amides is 1. The summed E-state index contributed by atoms with van der Waals surface area (Å²) in [6, 6.07) is 5.75. The predicted molar refractivity (Wildman–Crippen MR) is 83.6 cm³/mol. The van der Waals surface area contributed by atoms with Crippen molar-refractivity contribution in [1.29, 1.82) is 0 Å². The van der Waals surface area contributed by atoms with Crippen molar-refractivity contribution in [2.24, 2.45) is 5.92 Å². The number of thiophene rings is 1. The summed E-state index contributed by atoms with van der Waals surface area (Å²) in [6.45, 7) is 2.28. The van der Waals surface area contributed by atoms with Gasteiger partial charge in [0.15, 0.2) is 0 Å². The molecule has 0 fully saturated rings. The molecule has 5 heteroatoms. The van der Waals surface area contributed by atoms with E-state index in [4.69, 9.17) is 0 Å². The molecule has 4 nitrogen and oxygen atoms in total. The molecule has 1 aliphatic heterocycles. The first-order valence-electron chi connectivity index (χ1n) is 7.35. The van der Waals surface area contributed by atoms with Gasteiger partial charge in [0.25, 0.3) is 5.91 Å². The summed E-state index contributed by atoms with van der Waals surface area (Å²) in [5, 5.41) is 7.48. The highest BCUT2D eigenvalue weighted by Gasteiger charge is 2.33. The molecule has 1 aliphatic carbocycles. The summed E-state index contributed by atoms with van der Waals surface area (Å²) in [5.74, 6) is 0.749. The Morgan fingerprint density at radius 3 is 3.05 bits per heavy atom. The highest BCUT2D eigenvalue weighted by atomic mass is 32.1. The number of anilines is 1. The fourth-order valence-corrected chi connectivity index (χ4v) is 4.59. The van der Waals surface area contributed by atoms with E-state index >= 15 is 0 Å². The number of carbonyl (C=O) groups excluding carboxylic acids is 1. The van der Waals surface area contributed by atoms with Crippen LogP contribution in [0.4, 0.5) is 5.00 Å². The molecule has 0 aromatic carbocycles. The molecule has 0 radical (unpaired) electrons. The quantitative estimate of drug-likeness (QED) is 0.850. The van der Waals surface area contributed by atoms with E-state index in [0.29, 0.717) is 5.92 Å². The molecular formula is C16H17N3OS. The topological polar surface area (TPSA) is 54.0 Å². The minimum Gasteiger partial charge on any atom is -0.351 e. The van der Waals surface area contributed by atoms with Gasteiger partial charge in [-0.05, 0) is 42.9 Å². The third-order valence-corrected chi connectivity index (χ3v) is 5.46. The molecule has 1 amide bonds. The van der Waals surface area contributed by atoms with Gasteiger partial charge in [-0.25, -0.2) is 0 Å². The molecular weight excluding hydrogens is 282 g/mol. The second-order valence-corrected chi connectivity index (χ2v) is 6.97. The van der Waals surface area contributed by atoms with E-state index in [1.54, 1.807) is 17.5 Å². The molecule has 2 aromatic rings. The first-order chi connectivity index (χ1) is 10.2. The van der Waals surface area contributed by atoms with Crippen molar-refractivity contribution < 1.29 is 4.79 Å². The third-order valence-electron chi connectivity index (χ3n) is 4.27. The van der Waals surface area contributed by atoms with Crippen molar-refractivity contribution in [1.82, 2.24) is 10.3 Å². The average Bonchev–Trinajstić information content (AvgIpc) is 2.85. The summed E-state index contributed by atoms with van der Waals surface area (Å²) in [7, 11) is 0. The molecule has 108 valence electrons. The summed E-state index contributed by atoms with van der Waals surface area (Å²) in [4.78, 5) is 18.2. The Balaban J connectivity index is 1.71. The fraction of sp³-hybridized carbons (Fsp3) is 0.375. The van der Waals surface area contributed by atoms with Crippen molar-refractivity contribution in [2.45, 2.75) is 32.4 Å². The number of rotatable bonds is 1. The highest BCUT2D eigenvalue weighted by molar-refractivity contribution is 7.16. The second kappa shape index (κ2) is 4.84. The number of hydrogen-bond donors (Lipinski definition) is 2. The summed E-state index contributed by atoms with van der Waals surface area (Å²) >= 11 is 1.74. The number of hydrogen-bond acceptors (Lipinski definition) is 4. The second-order valence-electron chi connectivity index (χ2n) is 5.86. The number of nitrogens with one attached hydrogen (secondary N) is 2. The average molecular weight is 299 g/mol. The van der Waals surface area contributed by atoms with Gasteiger partial charge in [0.1, 0.15) is 11.2 Å². The van der Waals surface area contributed by atoms with Crippen LogP contribution in [0.3, 0.4) is 0 Å². The van der Waals surface area contributed by atoms with Gasteiger partial charge in [-0.2, -0.15) is 0 Å². The predicted octanol–water partition coefficient (Wildman–Crippen LogP) is 3.12. The van der Waals surface area contributed by atoms with E-state index in [1.807, 2.05) is 18.2 Å². The van der Waals surface area contributed by atoms with Crippen LogP contribution in [0.25, 0.3) is 0 Å². The van der Waals surface area contributed by atoms with Crippen LogP contribution in [0.5, 0.6) is 0 Å². The number of nitrogens with zero attached hydrogens (tertiary/aromatic N) is 1. The maximum atomic E-state index is 12.5. The molecule has 0 spiro atoms. The number of aromatic nitrogens is 1. The summed E-state index contributed by atoms with van der Waals surface area (Å²) in [6.07, 6.45) is 4.80. The van der Waals surface area contributed by atoms with Crippen LogP contribution in [0.15, 0.2) is 24.4 Å². The van der Waals surface area contributed by atoms with Crippen molar-refractivity contribution in [2.75, 3.05) is 5.32 Å². The molecule has 0 saturated carbocycles. The normalized spacial score (nSPS) is 23.8. The maximum absolute atomic E-state index is 12.5. The summed E-state index contributed by atoms with van der Waals surface area (Å²) < 4.78 is 0. The van der Waals surface area contributed by atoms with Gasteiger partial charge >= 0.3 is 0 Å². The first kappa shape index (κ1) is 12.8. The Morgan fingerprint density at radius 1 is 1.33 bits per heavy atom. The van der Waals surface area contributed by atoms with E-state index in [1.165, 1.54) is 16.9 Å². The number of carbonyl (C=O) groups is 1. The standard InChI is InChI=1S/C16H17N3OS/c1-9-5-6-10-12(8-9)21-16-13(10)15(20)18-14(19-16)11-4-2-3-7-17-11/h2-4,7,9,14,19H,5-6,8H2,1H3,(H,18,20)/t9-,14-/m1/s1. The smallest absolute Gasteiger partial charge is 0.256 e. The largest absolute Gasteiger partial charge is 0.351 e. The molecule has 3 heterocycles. The maximum Gasteiger partial charge on any atom is 0.256 e. The zero-order valence-corrected chi connectivity index (χ0v) is 12.7. The van der Waals surface area contributed by atoms with Crippen molar-refractivity contribution in [3.05, 3.63) is 46.1 Å². The van der Waals surface area contributed by atoms with E-state index in [0.717, 1.165) is 29.1 Å². The van der Waals surface area contributed by atoms with Crippen LogP contribution in [0.2, 0.25) is 0 Å². The molecule has 2 aromatic heterocycles. The lowest BCUT2D eigenvalue weighted by molar-refractivity contribution is 0.0934. The molecule has 0 saturated heterocycles. The van der Waals surface area contributed by atoms with E-state index < -0.39 is 0 Å². The van der Waals surface area contributed by atoms with Crippen LogP contribution in [-0.2, 0) is 12.8 Å². The van der Waals surface area contributed by atoms with Gasteiger partial charge in [-0.3, -0.25) is 9.78 Å². The molecule has 2 N–H and O–H groups in total. The first-order valence-corrected chi connectivity index (χ1v) is 8.17. The highest BCUT2D eigenvalue weighted by Crippen LogP contribution is 2.42. The molecule has 4 rings (SSSR count). The molecule has 2 atom stereocenters. The van der Waals surface area contributed by atoms with Gasteiger partial charge < -0.3 is 10.6 Å². The van der Waals surface area contributed by atoms with Gasteiger partial charge in [0, 0.05) is 11.1 Å². The summed E-state index contributed by atoms with van der Waals surface area (Å²) in [5.41, 5.74) is 2.97. The molecule has 2 aliphatic rings. The Labute approximate surface area is 127 Å². The third kappa shape index (κ3) is 2.12. The number of fused-ring (bicyclic) bond motifs is 3. The minimum absolute atomic E-state index is 0.0338. The van der Waals surface area contributed by atoms with E-state index in [9.17, 15) is 4.79 Å². The Kier molecular flexibility index (Phi) is 2.96. The number of pyridine rings is 1. The van der Waals surface area contributed by atoms with Crippen LogP contribution < -0.4 is 10.6 Å². The zero-order chi connectivity index (χ0) is 14.4. The molecule has 0 bridgehead atoms. The van der Waals surface area contributed by atoms with Gasteiger partial charge in [-0.15, -0.1) is 11.3 Å². The lowest BCUT2D eigenvalue weighted by atomic mass is 9.88. The van der Waals surface area contributed by atoms with Crippen LogP contribution in [-0.4, -0.2) is 10.9 Å². The minimum atomic E-state index is -0.233. The van der Waals surface area contributed by atoms with E-state index in [-0.39, 0.29) is 12.1 Å². The fourth-order valence-electron chi connectivity index (χ4n) is 3.16. The van der Waals surface area contributed by atoms with Crippen LogP contribution in [0.1, 0.15) is 46.0 Å². The lowest BCUT2D eigenvalue weighted by Gasteiger charge is -2.26. The Hall–Kier alpha value is -1.88. The lowest BCUT2D eigenvalue weighted by Crippen LogP contribution is -2.38. The zero-order valence-electron chi connectivity index (χ0n) is 11.8. The van der Waals surface area contributed by atoms with E-state index in [2.05, 4.69) is 22.5 Å². The Bertz CT molecular complexity index is 695. The Morgan fingerprint density at radius 2 is 2.24 bits per heavy atom. The van der Waals surface area contributed by atoms with Crippen LogP contribution >= 0.6 is 11.3 Å². The van der Waals surface area contributed by atoms with Gasteiger partial charge in [0.2, 0.25) is 0 Å². The molecule has 0 unspecified atom stereocenters. The SMILES string of the molecule is C[C@@H]1CCc2c(sc3c2C(=O)N[C@@H](c2ccccn2)N3)C1. The van der Waals surface area contributed by atoms with Crippen molar-refractivity contribution >= 4 is 22.2 Å².